The van der Waals surface area contributed by atoms with Gasteiger partial charge in [-0.2, -0.15) is 0 Å². The van der Waals surface area contributed by atoms with Crippen molar-refractivity contribution in [2.75, 3.05) is 0 Å². The van der Waals surface area contributed by atoms with Crippen LogP contribution in [0, 0.1) is 23.2 Å². The van der Waals surface area contributed by atoms with Crippen LogP contribution in [0.4, 0.5) is 0 Å². The van der Waals surface area contributed by atoms with Crippen LogP contribution in [0.5, 0.6) is 0 Å². The minimum Gasteiger partial charge on any atom is -0.476 e. The molecule has 20 heavy (non-hydrogen) atoms. The van der Waals surface area contributed by atoms with Crippen LogP contribution in [0.2, 0.25) is 0 Å². The van der Waals surface area contributed by atoms with E-state index in [0.29, 0.717) is 11.5 Å². The predicted octanol–water partition coefficient (Wildman–Crippen LogP) is 3.36. The lowest BCUT2D eigenvalue weighted by molar-refractivity contribution is -0.0788. The molecule has 1 N–H and O–H groups in total. The maximum atomic E-state index is 11.0. The molecule has 4 bridgehead atoms. The second kappa shape index (κ2) is 4.09. The van der Waals surface area contributed by atoms with Crippen LogP contribution in [0.3, 0.4) is 0 Å². The Balaban J connectivity index is 1.64. The van der Waals surface area contributed by atoms with Crippen molar-refractivity contribution in [1.29, 1.82) is 0 Å². The summed E-state index contributed by atoms with van der Waals surface area (Å²) in [5.74, 6) is 1.84. The normalized spacial score (nSPS) is 40.0. The highest BCUT2D eigenvalue weighted by atomic mass is 16.4. The van der Waals surface area contributed by atoms with Gasteiger partial charge in [0, 0.05) is 12.2 Å². The lowest BCUT2D eigenvalue weighted by Crippen LogP contribution is -2.49. The number of imidazole rings is 1. The first-order valence-corrected chi connectivity index (χ1v) is 7.82. The zero-order valence-electron chi connectivity index (χ0n) is 12.0. The summed E-state index contributed by atoms with van der Waals surface area (Å²) >= 11 is 0. The van der Waals surface area contributed by atoms with Gasteiger partial charge >= 0.3 is 5.97 Å². The maximum Gasteiger partial charge on any atom is 0.356 e. The van der Waals surface area contributed by atoms with Crippen molar-refractivity contribution in [3.8, 4) is 0 Å². The molecule has 0 aromatic carbocycles. The van der Waals surface area contributed by atoms with Crippen molar-refractivity contribution < 1.29 is 9.90 Å². The molecule has 0 amide bonds. The highest BCUT2D eigenvalue weighted by Gasteiger charge is 2.53. The van der Waals surface area contributed by atoms with Gasteiger partial charge in [0.25, 0.3) is 0 Å². The van der Waals surface area contributed by atoms with Gasteiger partial charge in [0.05, 0.1) is 6.33 Å². The van der Waals surface area contributed by atoms with Crippen molar-refractivity contribution in [1.82, 2.24) is 9.55 Å². The fraction of sp³-hybridized carbons (Fsp3) is 0.750. The molecule has 4 nitrogen and oxygen atoms in total. The average Bonchev–Trinajstić information content (AvgIpc) is 2.85. The second-order valence-electron chi connectivity index (χ2n) is 7.47. The standard InChI is InChI=1S/C16H22N2O2/c1-10(18-8-14(15(19)20)17-9-18)16-5-11-2-12(6-16)4-13(3-11)7-16/h8-13H,2-7H2,1H3,(H,19,20). The fourth-order valence-corrected chi connectivity index (χ4v) is 5.66. The van der Waals surface area contributed by atoms with Gasteiger partial charge < -0.3 is 9.67 Å². The Labute approximate surface area is 119 Å². The van der Waals surface area contributed by atoms with Crippen molar-refractivity contribution in [3.63, 3.8) is 0 Å². The summed E-state index contributed by atoms with van der Waals surface area (Å²) < 4.78 is 2.05. The molecule has 1 atom stereocenters. The van der Waals surface area contributed by atoms with Crippen molar-refractivity contribution >= 4 is 5.97 Å². The Kier molecular flexibility index (Phi) is 2.54. The molecule has 1 heterocycles. The summed E-state index contributed by atoms with van der Waals surface area (Å²) in [5.41, 5.74) is 0.562. The molecule has 1 unspecified atom stereocenters. The Hall–Kier alpha value is -1.32. The number of rotatable bonds is 3. The molecule has 4 aliphatic rings. The lowest BCUT2D eigenvalue weighted by Gasteiger charge is -2.59. The highest BCUT2D eigenvalue weighted by molar-refractivity contribution is 5.84. The van der Waals surface area contributed by atoms with Gasteiger partial charge in [-0.1, -0.05) is 0 Å². The second-order valence-corrected chi connectivity index (χ2v) is 7.47. The molecule has 0 aliphatic heterocycles. The minimum atomic E-state index is -0.929. The summed E-state index contributed by atoms with van der Waals surface area (Å²) in [4.78, 5) is 15.0. The van der Waals surface area contributed by atoms with Gasteiger partial charge in [0.2, 0.25) is 0 Å². The SMILES string of the molecule is CC(n1cnc(C(=O)O)c1)C12CC3CC(CC(C3)C1)C2. The maximum absolute atomic E-state index is 11.0. The third-order valence-electron chi connectivity index (χ3n) is 6.24. The van der Waals surface area contributed by atoms with Gasteiger partial charge in [0.15, 0.2) is 5.69 Å². The number of hydrogen-bond acceptors (Lipinski definition) is 2. The molecule has 0 radical (unpaired) electrons. The van der Waals surface area contributed by atoms with Crippen LogP contribution < -0.4 is 0 Å². The first-order chi connectivity index (χ1) is 9.56. The van der Waals surface area contributed by atoms with Crippen molar-refractivity contribution in [2.24, 2.45) is 23.2 Å². The molecule has 4 saturated carbocycles. The van der Waals surface area contributed by atoms with E-state index in [1.807, 2.05) is 0 Å². The van der Waals surface area contributed by atoms with E-state index in [1.54, 1.807) is 12.5 Å². The van der Waals surface area contributed by atoms with E-state index in [4.69, 9.17) is 5.11 Å². The van der Waals surface area contributed by atoms with E-state index in [0.717, 1.165) is 17.8 Å². The largest absolute Gasteiger partial charge is 0.476 e. The monoisotopic (exact) mass is 274 g/mol. The molecule has 4 aliphatic carbocycles. The number of carboxylic acid groups (broad SMARTS) is 1. The van der Waals surface area contributed by atoms with Crippen LogP contribution in [-0.2, 0) is 0 Å². The minimum absolute atomic E-state index is 0.168. The third-order valence-corrected chi connectivity index (χ3v) is 6.24. The number of nitrogens with zero attached hydrogens (tertiary/aromatic N) is 2. The van der Waals surface area contributed by atoms with Gasteiger partial charge in [0.1, 0.15) is 0 Å². The molecule has 5 rings (SSSR count). The van der Waals surface area contributed by atoms with Crippen molar-refractivity contribution in [2.45, 2.75) is 51.5 Å². The molecule has 108 valence electrons. The summed E-state index contributed by atoms with van der Waals surface area (Å²) in [7, 11) is 0. The quantitative estimate of drug-likeness (QED) is 0.919. The number of carboxylic acids is 1. The van der Waals surface area contributed by atoms with Gasteiger partial charge in [-0.3, -0.25) is 0 Å². The zero-order valence-corrected chi connectivity index (χ0v) is 12.0. The van der Waals surface area contributed by atoms with Crippen LogP contribution >= 0.6 is 0 Å². The third kappa shape index (κ3) is 1.73. The first kappa shape index (κ1) is 12.4. The number of carbonyl (C=O) groups is 1. The first-order valence-electron chi connectivity index (χ1n) is 7.82. The van der Waals surface area contributed by atoms with Crippen LogP contribution in [0.25, 0.3) is 0 Å². The number of hydrogen-bond donors (Lipinski definition) is 1. The summed E-state index contributed by atoms with van der Waals surface area (Å²) in [6.45, 7) is 2.26. The molecule has 1 aromatic rings. The lowest BCUT2D eigenvalue weighted by atomic mass is 9.48. The van der Waals surface area contributed by atoms with Gasteiger partial charge in [-0.15, -0.1) is 0 Å². The molecule has 0 saturated heterocycles. The molecule has 4 fully saturated rings. The van der Waals surface area contributed by atoms with E-state index in [-0.39, 0.29) is 5.69 Å². The predicted molar refractivity (Wildman–Crippen MR) is 74.5 cm³/mol. The van der Waals surface area contributed by atoms with Crippen LogP contribution in [0.15, 0.2) is 12.5 Å². The fourth-order valence-electron chi connectivity index (χ4n) is 5.66. The Bertz CT molecular complexity index is 513. The molecule has 1 aromatic heterocycles. The van der Waals surface area contributed by atoms with E-state index in [1.165, 1.54) is 38.5 Å². The summed E-state index contributed by atoms with van der Waals surface area (Å²) in [5, 5.41) is 9.04. The van der Waals surface area contributed by atoms with Gasteiger partial charge in [-0.05, 0) is 68.6 Å². The zero-order chi connectivity index (χ0) is 13.9. The smallest absolute Gasteiger partial charge is 0.356 e. The van der Waals surface area contributed by atoms with Gasteiger partial charge in [-0.25, -0.2) is 9.78 Å². The Morgan fingerprint density at radius 3 is 2.30 bits per heavy atom. The van der Waals surface area contributed by atoms with E-state index >= 15 is 0 Å². The van der Waals surface area contributed by atoms with E-state index < -0.39 is 5.97 Å². The molecular weight excluding hydrogens is 252 g/mol. The topological polar surface area (TPSA) is 55.1 Å². The molecule has 0 spiro atoms. The highest BCUT2D eigenvalue weighted by Crippen LogP contribution is 2.63. The summed E-state index contributed by atoms with van der Waals surface area (Å²) in [6, 6.07) is 0.372. The number of aromatic carboxylic acids is 1. The average molecular weight is 274 g/mol. The molecular formula is C16H22N2O2. The summed E-state index contributed by atoms with van der Waals surface area (Å²) in [6.07, 6.45) is 11.8. The molecule has 4 heteroatoms. The van der Waals surface area contributed by atoms with Crippen LogP contribution in [0.1, 0.15) is 62.0 Å². The van der Waals surface area contributed by atoms with Crippen molar-refractivity contribution in [3.05, 3.63) is 18.2 Å². The Morgan fingerprint density at radius 2 is 1.85 bits per heavy atom. The Morgan fingerprint density at radius 1 is 1.30 bits per heavy atom. The van der Waals surface area contributed by atoms with E-state index in [2.05, 4.69) is 16.5 Å². The van der Waals surface area contributed by atoms with Crippen LogP contribution in [-0.4, -0.2) is 20.6 Å². The van der Waals surface area contributed by atoms with E-state index in [9.17, 15) is 4.79 Å². The number of aromatic nitrogens is 2.